The molecule has 0 aliphatic heterocycles. The van der Waals surface area contributed by atoms with Gasteiger partial charge in [-0.3, -0.25) is 0 Å². The first kappa shape index (κ1) is 35.0. The molecule has 0 fully saturated rings. The second kappa shape index (κ2) is 13.1. The van der Waals surface area contributed by atoms with Gasteiger partial charge in [-0.1, -0.05) is 110 Å². The van der Waals surface area contributed by atoms with E-state index in [0.29, 0.717) is 0 Å². The monoisotopic (exact) mass is 756 g/mol. The average Bonchev–Trinajstić information content (AvgIpc) is 2.64. The van der Waals surface area contributed by atoms with E-state index in [1.165, 1.54) is 0 Å². The van der Waals surface area contributed by atoms with Crippen molar-refractivity contribution in [3.8, 4) is 17.2 Å². The van der Waals surface area contributed by atoms with Crippen LogP contribution < -0.4 is 12.5 Å². The molecule has 36 heavy (non-hydrogen) atoms. The van der Waals surface area contributed by atoms with Crippen molar-refractivity contribution in [1.82, 2.24) is 0 Å². The maximum Gasteiger partial charge on any atom is 0.449 e. The minimum atomic E-state index is -5.21. The smallest absolute Gasteiger partial charge is 0.357 e. The second-order valence-electron chi connectivity index (χ2n) is 5.69. The molecule has 1 aromatic carbocycles. The maximum atomic E-state index is 12.2. The van der Waals surface area contributed by atoms with Crippen molar-refractivity contribution in [2.45, 2.75) is 11.4 Å². The fourth-order valence-corrected chi connectivity index (χ4v) is 4.77. The standard InChI is InChI=1S/C12H9Cl9O12S3/c13-10(14,15)4-28-34(22,23)31-7-2-1-3-8(32-35(24,25)29-5-11(16,17)18)9(7)33-36(26,27)30-6-12(19,20)21/h1-3H,4-6H2. The normalized spacial score (nSPS) is 13.9. The van der Waals surface area contributed by atoms with E-state index in [1.54, 1.807) is 0 Å². The summed E-state index contributed by atoms with van der Waals surface area (Å²) in [5, 5.41) is 0. The fraction of sp³-hybridized carbons (Fsp3) is 0.500. The van der Waals surface area contributed by atoms with Gasteiger partial charge in [-0.25, -0.2) is 12.5 Å². The summed E-state index contributed by atoms with van der Waals surface area (Å²) < 4.78 is 92.8. The summed E-state index contributed by atoms with van der Waals surface area (Å²) >= 11 is 48.6. The van der Waals surface area contributed by atoms with E-state index < -0.39 is 79.6 Å². The molecule has 0 aliphatic carbocycles. The van der Waals surface area contributed by atoms with Crippen LogP contribution in [0.3, 0.4) is 0 Å². The van der Waals surface area contributed by atoms with Crippen LogP contribution in [0.15, 0.2) is 18.2 Å². The Balaban J connectivity index is 3.42. The third-order valence-electron chi connectivity index (χ3n) is 2.61. The van der Waals surface area contributed by atoms with Crippen LogP contribution >= 0.6 is 104 Å². The van der Waals surface area contributed by atoms with Crippen molar-refractivity contribution < 1.29 is 50.4 Å². The van der Waals surface area contributed by atoms with Crippen LogP contribution in [0.4, 0.5) is 0 Å². The molecule has 0 aromatic heterocycles. The van der Waals surface area contributed by atoms with Gasteiger partial charge in [0, 0.05) is 0 Å². The highest BCUT2D eigenvalue weighted by molar-refractivity contribution is 7.83. The van der Waals surface area contributed by atoms with Crippen LogP contribution in [-0.2, 0) is 43.7 Å². The van der Waals surface area contributed by atoms with Crippen LogP contribution in [0.25, 0.3) is 0 Å². The number of hydrogen-bond donors (Lipinski definition) is 0. The molecule has 0 saturated heterocycles. The molecule has 0 N–H and O–H groups in total. The van der Waals surface area contributed by atoms with Crippen LogP contribution in [-0.4, -0.2) is 56.5 Å². The number of benzene rings is 1. The van der Waals surface area contributed by atoms with E-state index in [2.05, 4.69) is 25.1 Å². The lowest BCUT2D eigenvalue weighted by Gasteiger charge is -2.17. The molecular weight excluding hydrogens is 751 g/mol. The summed E-state index contributed by atoms with van der Waals surface area (Å²) in [6, 6.07) is 2.48. The van der Waals surface area contributed by atoms with Gasteiger partial charge in [-0.05, 0) is 12.1 Å². The first-order valence-corrected chi connectivity index (χ1v) is 15.4. The molecule has 1 rings (SSSR count). The number of hydrogen-bond acceptors (Lipinski definition) is 12. The third-order valence-corrected chi connectivity index (χ3v) is 5.95. The SMILES string of the molecule is O=S(=O)(OCC(Cl)(Cl)Cl)Oc1cccc(OS(=O)(=O)OCC(Cl)(Cl)Cl)c1OS(=O)(=O)OCC(Cl)(Cl)Cl. The molecular formula is C12H9Cl9O12S3. The predicted molar refractivity (Wildman–Crippen MR) is 134 cm³/mol. The Morgan fingerprint density at radius 1 is 0.528 bits per heavy atom. The lowest BCUT2D eigenvalue weighted by atomic mass is 10.3. The van der Waals surface area contributed by atoms with Crippen LogP contribution in [0.2, 0.25) is 0 Å². The molecule has 0 amide bonds. The zero-order valence-electron chi connectivity index (χ0n) is 16.4. The fourth-order valence-electron chi connectivity index (χ4n) is 1.52. The Labute approximate surface area is 250 Å². The molecule has 24 heteroatoms. The molecule has 0 aliphatic rings. The summed E-state index contributed by atoms with van der Waals surface area (Å²) in [5.41, 5.74) is 0. The van der Waals surface area contributed by atoms with Gasteiger partial charge in [-0.2, -0.15) is 25.3 Å². The molecule has 0 heterocycles. The minimum Gasteiger partial charge on any atom is -0.357 e. The van der Waals surface area contributed by atoms with Crippen LogP contribution in [0, 0.1) is 0 Å². The Hall–Kier alpha value is 0.960. The summed E-state index contributed by atoms with van der Waals surface area (Å²) in [5.74, 6) is -3.30. The summed E-state index contributed by atoms with van der Waals surface area (Å²) in [4.78, 5) is 0. The molecule has 0 saturated carbocycles. The highest BCUT2D eigenvalue weighted by Gasteiger charge is 2.33. The van der Waals surface area contributed by atoms with Crippen LogP contribution in [0.5, 0.6) is 17.2 Å². The van der Waals surface area contributed by atoms with Gasteiger partial charge in [0.1, 0.15) is 19.8 Å². The van der Waals surface area contributed by atoms with E-state index in [1.807, 2.05) is 0 Å². The van der Waals surface area contributed by atoms with E-state index in [0.717, 1.165) is 18.2 Å². The van der Waals surface area contributed by atoms with Gasteiger partial charge in [0.2, 0.25) is 17.1 Å². The lowest BCUT2D eigenvalue weighted by molar-refractivity contribution is 0.260. The van der Waals surface area contributed by atoms with Gasteiger partial charge < -0.3 is 12.5 Å². The molecule has 12 nitrogen and oxygen atoms in total. The first-order chi connectivity index (χ1) is 15.9. The predicted octanol–water partition coefficient (Wildman–Crippen LogP) is 4.72. The van der Waals surface area contributed by atoms with E-state index >= 15 is 0 Å². The van der Waals surface area contributed by atoms with Crippen molar-refractivity contribution in [1.29, 1.82) is 0 Å². The Bertz CT molecular complexity index is 1150. The largest absolute Gasteiger partial charge is 0.449 e. The van der Waals surface area contributed by atoms with Gasteiger partial charge in [0.15, 0.2) is 11.5 Å². The highest BCUT2D eigenvalue weighted by atomic mass is 35.6. The van der Waals surface area contributed by atoms with Crippen molar-refractivity contribution in [2.75, 3.05) is 19.8 Å². The molecule has 0 spiro atoms. The molecule has 1 aromatic rings. The first-order valence-electron chi connectivity index (χ1n) is 7.98. The summed E-state index contributed by atoms with van der Waals surface area (Å²) in [7, 11) is -15.4. The van der Waals surface area contributed by atoms with Gasteiger partial charge in [0.05, 0.1) is 0 Å². The molecule has 0 unspecified atom stereocenters. The molecule has 0 bridgehead atoms. The van der Waals surface area contributed by atoms with Crippen molar-refractivity contribution in [3.63, 3.8) is 0 Å². The summed E-state index contributed by atoms with van der Waals surface area (Å²) in [6.07, 6.45) is 0. The van der Waals surface area contributed by atoms with E-state index in [9.17, 15) is 25.3 Å². The Morgan fingerprint density at radius 3 is 1.08 bits per heavy atom. The Morgan fingerprint density at radius 2 is 0.806 bits per heavy atom. The number of rotatable bonds is 12. The van der Waals surface area contributed by atoms with Crippen molar-refractivity contribution in [2.24, 2.45) is 0 Å². The zero-order valence-corrected chi connectivity index (χ0v) is 25.6. The maximum absolute atomic E-state index is 12.2. The molecule has 0 radical (unpaired) electrons. The topological polar surface area (TPSA) is 158 Å². The zero-order chi connectivity index (χ0) is 28.2. The average molecular weight is 760 g/mol. The van der Waals surface area contributed by atoms with Crippen molar-refractivity contribution >= 4 is 136 Å². The third kappa shape index (κ3) is 15.5. The lowest BCUT2D eigenvalue weighted by Crippen LogP contribution is -2.24. The van der Waals surface area contributed by atoms with Crippen molar-refractivity contribution in [3.05, 3.63) is 18.2 Å². The van der Waals surface area contributed by atoms with Gasteiger partial charge >= 0.3 is 31.2 Å². The number of para-hydroxylation sites is 1. The second-order valence-corrected chi connectivity index (χ2v) is 16.9. The number of alkyl halides is 9. The highest BCUT2D eigenvalue weighted by Crippen LogP contribution is 2.41. The van der Waals surface area contributed by atoms with E-state index in [-0.39, 0.29) is 0 Å². The Kier molecular flexibility index (Phi) is 12.7. The van der Waals surface area contributed by atoms with E-state index in [4.69, 9.17) is 104 Å². The minimum absolute atomic E-state index is 0.775. The van der Waals surface area contributed by atoms with Gasteiger partial charge in [-0.15, -0.1) is 0 Å². The quantitative estimate of drug-likeness (QED) is 0.271. The van der Waals surface area contributed by atoms with Gasteiger partial charge in [0.25, 0.3) is 0 Å². The molecule has 0 atom stereocenters. The van der Waals surface area contributed by atoms with Crippen LogP contribution in [0.1, 0.15) is 0 Å². The molecule has 210 valence electrons. The summed E-state index contributed by atoms with van der Waals surface area (Å²) in [6.45, 7) is -3.18. The number of halogens is 9.